The second-order valence-corrected chi connectivity index (χ2v) is 11.3. The SMILES string of the molecule is COC(=O)c1cccc(-n2c(C)cc([C@H]3[C@H](c4ccccn4)NC(=S)N3c3ccc(NC(=O)COc4ccccc4)cc3)c2C)c1. The van der Waals surface area contributed by atoms with E-state index in [1.807, 2.05) is 85.8 Å². The molecule has 2 aromatic heterocycles. The number of para-hydroxylation sites is 1. The molecule has 0 spiro atoms. The number of benzene rings is 3. The van der Waals surface area contributed by atoms with Crippen LogP contribution in [0, 0.1) is 13.8 Å². The lowest BCUT2D eigenvalue weighted by Gasteiger charge is -2.28. The van der Waals surface area contributed by atoms with Gasteiger partial charge in [-0.15, -0.1) is 0 Å². The number of rotatable bonds is 9. The van der Waals surface area contributed by atoms with Crippen molar-refractivity contribution in [1.82, 2.24) is 14.9 Å². The number of carbonyl (C=O) groups excluding carboxylic acids is 2. The molecule has 0 radical (unpaired) electrons. The number of nitrogens with zero attached hydrogens (tertiary/aromatic N) is 3. The summed E-state index contributed by atoms with van der Waals surface area (Å²) in [7, 11) is 1.38. The van der Waals surface area contributed by atoms with Crippen molar-refractivity contribution in [3.63, 3.8) is 0 Å². The molecule has 232 valence electrons. The summed E-state index contributed by atoms with van der Waals surface area (Å²) in [5.74, 6) is -0.0153. The monoisotopic (exact) mass is 631 g/mol. The summed E-state index contributed by atoms with van der Waals surface area (Å²) in [5.41, 5.74) is 6.75. The Morgan fingerprint density at radius 1 is 0.913 bits per heavy atom. The number of hydrogen-bond donors (Lipinski definition) is 2. The summed E-state index contributed by atoms with van der Waals surface area (Å²) in [6, 6.07) is 31.7. The van der Waals surface area contributed by atoms with Gasteiger partial charge in [-0.2, -0.15) is 0 Å². The van der Waals surface area contributed by atoms with Gasteiger partial charge in [-0.1, -0.05) is 30.3 Å². The Bertz CT molecular complexity index is 1880. The molecule has 0 aliphatic carbocycles. The quantitative estimate of drug-likeness (QED) is 0.141. The highest BCUT2D eigenvalue weighted by Gasteiger charge is 2.42. The maximum Gasteiger partial charge on any atom is 0.337 e. The van der Waals surface area contributed by atoms with Gasteiger partial charge in [-0.05, 0) is 104 Å². The fraction of sp³-hybridized carbons (Fsp3) is 0.167. The Kier molecular flexibility index (Phi) is 8.80. The number of nitrogens with one attached hydrogen (secondary N) is 2. The molecular formula is C36H33N5O4S. The van der Waals surface area contributed by atoms with Crippen molar-refractivity contribution >= 4 is 40.6 Å². The van der Waals surface area contributed by atoms with Crippen LogP contribution in [0.2, 0.25) is 0 Å². The summed E-state index contributed by atoms with van der Waals surface area (Å²) in [4.78, 5) is 31.6. The number of aryl methyl sites for hydroxylation is 1. The Morgan fingerprint density at radius 2 is 1.67 bits per heavy atom. The van der Waals surface area contributed by atoms with Crippen LogP contribution in [0.1, 0.15) is 45.1 Å². The van der Waals surface area contributed by atoms with E-state index in [1.165, 1.54) is 7.11 Å². The van der Waals surface area contributed by atoms with Crippen molar-refractivity contribution in [2.75, 3.05) is 23.9 Å². The van der Waals surface area contributed by atoms with E-state index in [4.69, 9.17) is 21.7 Å². The number of amides is 1. The van der Waals surface area contributed by atoms with Crippen LogP contribution >= 0.6 is 12.2 Å². The zero-order valence-corrected chi connectivity index (χ0v) is 26.5. The maximum absolute atomic E-state index is 12.6. The van der Waals surface area contributed by atoms with Crippen molar-refractivity contribution in [2.24, 2.45) is 0 Å². The second-order valence-electron chi connectivity index (χ2n) is 10.9. The Labute approximate surface area is 272 Å². The average Bonchev–Trinajstić information content (AvgIpc) is 3.58. The van der Waals surface area contributed by atoms with E-state index in [0.29, 0.717) is 22.1 Å². The third-order valence-electron chi connectivity index (χ3n) is 7.95. The summed E-state index contributed by atoms with van der Waals surface area (Å²) in [6.07, 6.45) is 1.78. The highest BCUT2D eigenvalue weighted by atomic mass is 32.1. The molecule has 3 aromatic carbocycles. The predicted molar refractivity (Wildman–Crippen MR) is 182 cm³/mol. The number of ether oxygens (including phenoxy) is 2. The molecule has 3 heterocycles. The van der Waals surface area contributed by atoms with Gasteiger partial charge >= 0.3 is 5.97 Å². The minimum atomic E-state index is -0.389. The van der Waals surface area contributed by atoms with Crippen LogP contribution in [0.4, 0.5) is 11.4 Å². The zero-order valence-electron chi connectivity index (χ0n) is 25.6. The van der Waals surface area contributed by atoms with Crippen LogP contribution in [0.3, 0.4) is 0 Å². The first kappa shape index (κ1) is 30.5. The molecule has 0 bridgehead atoms. The van der Waals surface area contributed by atoms with Crippen molar-refractivity contribution < 1.29 is 19.1 Å². The molecule has 5 aromatic rings. The average molecular weight is 632 g/mol. The molecule has 0 saturated carbocycles. The fourth-order valence-corrected chi connectivity index (χ4v) is 6.24. The summed E-state index contributed by atoms with van der Waals surface area (Å²) < 4.78 is 12.7. The molecule has 9 nitrogen and oxygen atoms in total. The van der Waals surface area contributed by atoms with E-state index >= 15 is 0 Å². The number of esters is 1. The van der Waals surface area contributed by atoms with Gasteiger partial charge in [0.1, 0.15) is 5.75 Å². The molecule has 0 unspecified atom stereocenters. The van der Waals surface area contributed by atoms with Crippen molar-refractivity contribution in [1.29, 1.82) is 0 Å². The van der Waals surface area contributed by atoms with E-state index in [-0.39, 0.29) is 30.6 Å². The van der Waals surface area contributed by atoms with Crippen LogP contribution in [-0.4, -0.2) is 40.3 Å². The van der Waals surface area contributed by atoms with Crippen molar-refractivity contribution in [3.8, 4) is 11.4 Å². The molecular weight excluding hydrogens is 598 g/mol. The smallest absolute Gasteiger partial charge is 0.337 e. The topological polar surface area (TPSA) is 97.7 Å². The van der Waals surface area contributed by atoms with Crippen molar-refractivity contribution in [3.05, 3.63) is 138 Å². The zero-order chi connectivity index (χ0) is 32.2. The Balaban J connectivity index is 1.32. The number of hydrogen-bond acceptors (Lipinski definition) is 6. The summed E-state index contributed by atoms with van der Waals surface area (Å²) in [5, 5.41) is 6.97. The minimum absolute atomic E-state index is 0.0993. The number of pyridine rings is 1. The van der Waals surface area contributed by atoms with Gasteiger partial charge in [-0.25, -0.2) is 4.79 Å². The lowest BCUT2D eigenvalue weighted by molar-refractivity contribution is -0.118. The van der Waals surface area contributed by atoms with E-state index in [9.17, 15) is 9.59 Å². The Morgan fingerprint density at radius 3 is 2.39 bits per heavy atom. The van der Waals surface area contributed by atoms with Crippen LogP contribution < -0.4 is 20.3 Å². The molecule has 6 rings (SSSR count). The van der Waals surface area contributed by atoms with Gasteiger partial charge in [0.2, 0.25) is 0 Å². The minimum Gasteiger partial charge on any atom is -0.484 e. The third kappa shape index (κ3) is 6.20. The van der Waals surface area contributed by atoms with Gasteiger partial charge in [0, 0.05) is 34.6 Å². The van der Waals surface area contributed by atoms with E-state index in [2.05, 4.69) is 38.1 Å². The first-order chi connectivity index (χ1) is 22.3. The van der Waals surface area contributed by atoms with Crippen LogP contribution in [-0.2, 0) is 9.53 Å². The first-order valence-electron chi connectivity index (χ1n) is 14.8. The molecule has 46 heavy (non-hydrogen) atoms. The number of anilines is 2. The van der Waals surface area contributed by atoms with Gasteiger partial charge in [0.25, 0.3) is 5.91 Å². The summed E-state index contributed by atoms with van der Waals surface area (Å²) in [6.45, 7) is 4.01. The number of thiocarbonyl (C=S) groups is 1. The lowest BCUT2D eigenvalue weighted by atomic mass is 9.96. The maximum atomic E-state index is 12.6. The molecule has 1 fully saturated rings. The predicted octanol–water partition coefficient (Wildman–Crippen LogP) is 6.47. The number of aromatic nitrogens is 2. The number of carbonyl (C=O) groups is 2. The highest BCUT2D eigenvalue weighted by Crippen LogP contribution is 2.44. The van der Waals surface area contributed by atoms with Gasteiger partial charge < -0.3 is 29.6 Å². The molecule has 10 heteroatoms. The number of methoxy groups -OCH3 is 1. The van der Waals surface area contributed by atoms with Crippen LogP contribution in [0.5, 0.6) is 5.75 Å². The molecule has 1 saturated heterocycles. The van der Waals surface area contributed by atoms with E-state index < -0.39 is 0 Å². The van der Waals surface area contributed by atoms with Crippen LogP contribution in [0.15, 0.2) is 109 Å². The largest absolute Gasteiger partial charge is 0.484 e. The first-order valence-corrected chi connectivity index (χ1v) is 15.2. The molecule has 1 amide bonds. The van der Waals surface area contributed by atoms with Crippen molar-refractivity contribution in [2.45, 2.75) is 25.9 Å². The summed E-state index contributed by atoms with van der Waals surface area (Å²) >= 11 is 5.94. The third-order valence-corrected chi connectivity index (χ3v) is 8.27. The second kappa shape index (κ2) is 13.3. The lowest BCUT2D eigenvalue weighted by Crippen LogP contribution is -2.29. The normalized spacial score (nSPS) is 15.7. The fourth-order valence-electron chi connectivity index (χ4n) is 5.89. The standard InChI is InChI=1S/C36H33N5O4S/c1-23-20-30(24(2)40(23)28-11-9-10-25(21-28)35(43)44-3)34-33(31-14-7-8-19-37-31)39-36(46)41(34)27-17-15-26(16-18-27)38-32(42)22-45-29-12-5-4-6-13-29/h4-21,33-34H,22H2,1-3H3,(H,38,42)(H,39,46)/t33-,34-/m0/s1. The molecule has 1 aliphatic rings. The molecule has 1 aliphatic heterocycles. The molecule has 2 atom stereocenters. The van der Waals surface area contributed by atoms with Gasteiger partial charge in [0.15, 0.2) is 11.7 Å². The van der Waals surface area contributed by atoms with E-state index in [1.54, 1.807) is 24.4 Å². The van der Waals surface area contributed by atoms with Gasteiger partial charge in [0.05, 0.1) is 30.5 Å². The van der Waals surface area contributed by atoms with Crippen LogP contribution in [0.25, 0.3) is 5.69 Å². The van der Waals surface area contributed by atoms with Gasteiger partial charge in [-0.3, -0.25) is 9.78 Å². The highest BCUT2D eigenvalue weighted by molar-refractivity contribution is 7.80. The molecule has 2 N–H and O–H groups in total. The van der Waals surface area contributed by atoms with E-state index in [0.717, 1.165) is 34.0 Å². The Hall–Kier alpha value is -5.48.